The van der Waals surface area contributed by atoms with Gasteiger partial charge in [0.2, 0.25) is 11.8 Å². The Kier molecular flexibility index (Phi) is 8.13. The lowest BCUT2D eigenvalue weighted by atomic mass is 9.96. The van der Waals surface area contributed by atoms with Crippen molar-refractivity contribution in [1.82, 2.24) is 9.80 Å². The first-order valence-corrected chi connectivity index (χ1v) is 10.9. The number of piperidine rings is 1. The number of rotatable bonds is 7. The number of amides is 2. The minimum absolute atomic E-state index is 0.0682. The minimum atomic E-state index is -0.121. The smallest absolute Gasteiger partial charge is 0.246 e. The molecule has 2 heterocycles. The third-order valence-electron chi connectivity index (χ3n) is 5.39. The van der Waals surface area contributed by atoms with Gasteiger partial charge in [0.25, 0.3) is 0 Å². The van der Waals surface area contributed by atoms with Crippen LogP contribution in [0.5, 0.6) is 11.5 Å². The van der Waals surface area contributed by atoms with Gasteiger partial charge in [-0.15, -0.1) is 0 Å². The molecule has 0 radical (unpaired) electrons. The lowest BCUT2D eigenvalue weighted by Crippen LogP contribution is -2.49. The zero-order chi connectivity index (χ0) is 21.3. The van der Waals surface area contributed by atoms with Gasteiger partial charge in [-0.2, -0.15) is 0 Å². The Morgan fingerprint density at radius 3 is 2.53 bits per heavy atom. The molecule has 2 aliphatic heterocycles. The number of likely N-dealkylation sites (tertiary alicyclic amines) is 1. The molecule has 2 aliphatic rings. The van der Waals surface area contributed by atoms with E-state index in [1.165, 1.54) is 0 Å². The Balaban J connectivity index is 1.61. The van der Waals surface area contributed by atoms with E-state index in [4.69, 9.17) is 14.2 Å². The summed E-state index contributed by atoms with van der Waals surface area (Å²) in [5, 5.41) is 0. The molecule has 1 unspecified atom stereocenters. The van der Waals surface area contributed by atoms with Gasteiger partial charge in [0.05, 0.1) is 32.3 Å². The van der Waals surface area contributed by atoms with Gasteiger partial charge in [-0.3, -0.25) is 9.59 Å². The third-order valence-corrected chi connectivity index (χ3v) is 5.39. The first-order valence-electron chi connectivity index (χ1n) is 10.9. The van der Waals surface area contributed by atoms with Crippen LogP contribution in [0.3, 0.4) is 0 Å². The molecule has 0 saturated carbocycles. The summed E-state index contributed by atoms with van der Waals surface area (Å²) in [6.07, 6.45) is 5.04. The summed E-state index contributed by atoms with van der Waals surface area (Å²) >= 11 is 0. The van der Waals surface area contributed by atoms with Crippen LogP contribution in [0.1, 0.15) is 32.3 Å². The number of nitrogens with zero attached hydrogens (tertiary/aromatic N) is 2. The lowest BCUT2D eigenvalue weighted by molar-refractivity contribution is -0.143. The number of hydrogen-bond donors (Lipinski definition) is 0. The number of carbonyl (C=O) groups excluding carboxylic acids is 2. The molecule has 2 amide bonds. The van der Waals surface area contributed by atoms with Gasteiger partial charge in [0, 0.05) is 32.3 Å². The molecule has 1 aromatic rings. The topological polar surface area (TPSA) is 68.3 Å². The monoisotopic (exact) mass is 416 g/mol. The highest BCUT2D eigenvalue weighted by molar-refractivity contribution is 5.92. The fourth-order valence-corrected chi connectivity index (χ4v) is 3.87. The van der Waals surface area contributed by atoms with Crippen LogP contribution in [-0.4, -0.2) is 74.2 Å². The molecule has 0 aliphatic carbocycles. The van der Waals surface area contributed by atoms with Crippen LogP contribution in [0.25, 0.3) is 6.08 Å². The normalized spacial score (nSPS) is 19.7. The summed E-state index contributed by atoms with van der Waals surface area (Å²) in [4.78, 5) is 29.2. The number of morpholine rings is 1. The zero-order valence-corrected chi connectivity index (χ0v) is 18.0. The summed E-state index contributed by atoms with van der Waals surface area (Å²) in [6, 6.07) is 5.63. The Hall–Kier alpha value is -2.54. The van der Waals surface area contributed by atoms with Crippen molar-refractivity contribution in [3.8, 4) is 11.5 Å². The average molecular weight is 417 g/mol. The van der Waals surface area contributed by atoms with Gasteiger partial charge in [-0.1, -0.05) is 6.07 Å². The van der Waals surface area contributed by atoms with E-state index in [2.05, 4.69) is 0 Å². The van der Waals surface area contributed by atoms with E-state index in [9.17, 15) is 9.59 Å². The van der Waals surface area contributed by atoms with E-state index in [1.54, 1.807) is 17.1 Å². The number of ether oxygens (including phenoxy) is 3. The quantitative estimate of drug-likeness (QED) is 0.639. The molecule has 7 heteroatoms. The number of benzene rings is 1. The molecule has 0 bridgehead atoms. The van der Waals surface area contributed by atoms with Gasteiger partial charge in [-0.05, 0) is 50.5 Å². The molecule has 0 aromatic heterocycles. The summed E-state index contributed by atoms with van der Waals surface area (Å²) in [5.74, 6) is 1.32. The Bertz CT molecular complexity index is 758. The van der Waals surface area contributed by atoms with Crippen molar-refractivity contribution in [3.05, 3.63) is 29.8 Å². The maximum atomic E-state index is 12.8. The van der Waals surface area contributed by atoms with E-state index in [0.717, 1.165) is 18.4 Å². The second-order valence-corrected chi connectivity index (χ2v) is 7.47. The van der Waals surface area contributed by atoms with Crippen molar-refractivity contribution < 1.29 is 23.8 Å². The molecular formula is C23H32N2O5. The Morgan fingerprint density at radius 2 is 1.80 bits per heavy atom. The first-order chi connectivity index (χ1) is 14.6. The maximum absolute atomic E-state index is 12.8. The average Bonchev–Trinajstić information content (AvgIpc) is 2.79. The fraction of sp³-hybridized carbons (Fsp3) is 0.565. The summed E-state index contributed by atoms with van der Waals surface area (Å²) in [5.41, 5.74) is 0.869. The van der Waals surface area contributed by atoms with Crippen molar-refractivity contribution in [2.24, 2.45) is 5.92 Å². The highest BCUT2D eigenvalue weighted by Gasteiger charge is 2.31. The van der Waals surface area contributed by atoms with Gasteiger partial charge < -0.3 is 24.0 Å². The van der Waals surface area contributed by atoms with Crippen LogP contribution in [0.2, 0.25) is 0 Å². The minimum Gasteiger partial charge on any atom is -0.490 e. The van der Waals surface area contributed by atoms with E-state index < -0.39 is 0 Å². The zero-order valence-electron chi connectivity index (χ0n) is 18.0. The lowest BCUT2D eigenvalue weighted by Gasteiger charge is -2.35. The van der Waals surface area contributed by atoms with Crippen LogP contribution in [0.15, 0.2) is 24.3 Å². The standard InChI is InChI=1S/C23H32N2O5/c1-3-29-20-9-7-18(16-21(20)30-4-2)8-10-22(26)25-11-5-6-19(17-25)23(27)24-12-14-28-15-13-24/h7-10,16,19H,3-6,11-15,17H2,1-2H3/b10-8+. The molecule has 1 atom stereocenters. The SMILES string of the molecule is CCOc1ccc(/C=C/C(=O)N2CCCC(C(=O)N3CCOCC3)C2)cc1OCC. The van der Waals surface area contributed by atoms with Crippen LogP contribution < -0.4 is 9.47 Å². The predicted molar refractivity (Wildman–Crippen MR) is 115 cm³/mol. The highest BCUT2D eigenvalue weighted by atomic mass is 16.5. The van der Waals surface area contributed by atoms with Gasteiger partial charge in [0.15, 0.2) is 11.5 Å². The largest absolute Gasteiger partial charge is 0.490 e. The van der Waals surface area contributed by atoms with E-state index in [0.29, 0.717) is 64.1 Å². The molecule has 1 aromatic carbocycles. The molecule has 2 saturated heterocycles. The Labute approximate surface area is 178 Å². The van der Waals surface area contributed by atoms with Crippen molar-refractivity contribution in [3.63, 3.8) is 0 Å². The van der Waals surface area contributed by atoms with Crippen molar-refractivity contribution in [2.45, 2.75) is 26.7 Å². The maximum Gasteiger partial charge on any atom is 0.246 e. The summed E-state index contributed by atoms with van der Waals surface area (Å²) in [6.45, 7) is 8.59. The number of carbonyl (C=O) groups is 2. The van der Waals surface area contributed by atoms with E-state index >= 15 is 0 Å². The molecule has 7 nitrogen and oxygen atoms in total. The Morgan fingerprint density at radius 1 is 1.07 bits per heavy atom. The molecular weight excluding hydrogens is 384 g/mol. The second kappa shape index (κ2) is 11.0. The van der Waals surface area contributed by atoms with Crippen molar-refractivity contribution >= 4 is 17.9 Å². The summed E-state index contributed by atoms with van der Waals surface area (Å²) < 4.78 is 16.6. The van der Waals surface area contributed by atoms with Crippen LogP contribution in [0.4, 0.5) is 0 Å². The molecule has 3 rings (SSSR count). The van der Waals surface area contributed by atoms with Crippen molar-refractivity contribution in [2.75, 3.05) is 52.6 Å². The van der Waals surface area contributed by atoms with Crippen LogP contribution >= 0.6 is 0 Å². The van der Waals surface area contributed by atoms with E-state index in [-0.39, 0.29) is 17.7 Å². The molecule has 30 heavy (non-hydrogen) atoms. The van der Waals surface area contributed by atoms with Crippen LogP contribution in [-0.2, 0) is 14.3 Å². The van der Waals surface area contributed by atoms with Crippen molar-refractivity contribution in [1.29, 1.82) is 0 Å². The fourth-order valence-electron chi connectivity index (χ4n) is 3.87. The highest BCUT2D eigenvalue weighted by Crippen LogP contribution is 2.29. The third kappa shape index (κ3) is 5.75. The second-order valence-electron chi connectivity index (χ2n) is 7.47. The number of hydrogen-bond acceptors (Lipinski definition) is 5. The van der Waals surface area contributed by atoms with Crippen LogP contribution in [0, 0.1) is 5.92 Å². The molecule has 0 N–H and O–H groups in total. The molecule has 2 fully saturated rings. The van der Waals surface area contributed by atoms with Gasteiger partial charge in [0.1, 0.15) is 0 Å². The van der Waals surface area contributed by atoms with Gasteiger partial charge >= 0.3 is 0 Å². The predicted octanol–water partition coefficient (Wildman–Crippen LogP) is 2.59. The molecule has 164 valence electrons. The van der Waals surface area contributed by atoms with Gasteiger partial charge in [-0.25, -0.2) is 0 Å². The molecule has 0 spiro atoms. The summed E-state index contributed by atoms with van der Waals surface area (Å²) in [7, 11) is 0. The van der Waals surface area contributed by atoms with E-state index in [1.807, 2.05) is 36.9 Å². The first kappa shape index (κ1) is 22.2.